The Kier molecular flexibility index (Phi) is 5.91. The molecular weight excluding hydrogens is 352 g/mol. The van der Waals surface area contributed by atoms with Crippen LogP contribution in [0.1, 0.15) is 5.56 Å². The fourth-order valence-electron chi connectivity index (χ4n) is 3.22. The molecule has 2 amide bonds. The zero-order chi connectivity index (χ0) is 18.5. The van der Waals surface area contributed by atoms with Crippen molar-refractivity contribution >= 4 is 29.1 Å². The van der Waals surface area contributed by atoms with E-state index in [2.05, 4.69) is 0 Å². The molecule has 3 rings (SSSR count). The van der Waals surface area contributed by atoms with Crippen LogP contribution in [0.3, 0.4) is 0 Å². The van der Waals surface area contributed by atoms with Gasteiger partial charge < -0.3 is 14.5 Å². The maximum absolute atomic E-state index is 12.7. The molecule has 2 aromatic carbocycles. The van der Waals surface area contributed by atoms with Gasteiger partial charge in [-0.25, -0.2) is 0 Å². The number of hydrogen-bond acceptors (Lipinski definition) is 3. The van der Waals surface area contributed by atoms with Crippen molar-refractivity contribution in [3.05, 3.63) is 65.2 Å². The summed E-state index contributed by atoms with van der Waals surface area (Å²) in [5.41, 5.74) is 1.87. The van der Waals surface area contributed by atoms with Crippen molar-refractivity contribution in [2.45, 2.75) is 12.5 Å². The molecule has 0 N–H and O–H groups in total. The third kappa shape index (κ3) is 4.23. The van der Waals surface area contributed by atoms with E-state index in [4.69, 9.17) is 16.3 Å². The van der Waals surface area contributed by atoms with Crippen molar-refractivity contribution in [1.82, 2.24) is 4.90 Å². The molecule has 0 spiro atoms. The zero-order valence-electron chi connectivity index (χ0n) is 14.6. The van der Waals surface area contributed by atoms with E-state index in [9.17, 15) is 9.59 Å². The van der Waals surface area contributed by atoms with Crippen LogP contribution < -0.4 is 4.90 Å². The largest absolute Gasteiger partial charge is 0.375 e. The van der Waals surface area contributed by atoms with Gasteiger partial charge in [0.2, 0.25) is 11.8 Å². The smallest absolute Gasteiger partial charge is 0.249 e. The van der Waals surface area contributed by atoms with Gasteiger partial charge >= 0.3 is 0 Å². The van der Waals surface area contributed by atoms with Gasteiger partial charge in [-0.3, -0.25) is 9.59 Å². The highest BCUT2D eigenvalue weighted by atomic mass is 35.5. The van der Waals surface area contributed by atoms with Crippen molar-refractivity contribution < 1.29 is 14.3 Å². The number of hydrogen-bond donors (Lipinski definition) is 0. The van der Waals surface area contributed by atoms with E-state index in [1.54, 1.807) is 21.9 Å². The SMILES string of the molecule is COCC(=O)N1CC(=O)N(c2cccc(Cl)c2)C[C@@H]1Cc1ccccc1. The average Bonchev–Trinajstić information content (AvgIpc) is 2.64. The number of rotatable bonds is 5. The first-order valence-corrected chi connectivity index (χ1v) is 8.84. The number of carbonyl (C=O) groups is 2. The quantitative estimate of drug-likeness (QED) is 0.811. The number of nitrogens with zero attached hydrogens (tertiary/aromatic N) is 2. The number of carbonyl (C=O) groups excluding carboxylic acids is 2. The first-order chi connectivity index (χ1) is 12.6. The molecule has 0 aliphatic carbocycles. The second-order valence-corrected chi connectivity index (χ2v) is 6.72. The number of amides is 2. The van der Waals surface area contributed by atoms with Crippen molar-refractivity contribution in [3.63, 3.8) is 0 Å². The predicted molar refractivity (Wildman–Crippen MR) is 101 cm³/mol. The molecule has 5 nitrogen and oxygen atoms in total. The van der Waals surface area contributed by atoms with E-state index in [0.29, 0.717) is 18.0 Å². The molecule has 0 unspecified atom stereocenters. The first kappa shape index (κ1) is 18.4. The Morgan fingerprint density at radius 3 is 2.65 bits per heavy atom. The Morgan fingerprint density at radius 2 is 1.96 bits per heavy atom. The molecule has 136 valence electrons. The second kappa shape index (κ2) is 8.34. The lowest BCUT2D eigenvalue weighted by Gasteiger charge is -2.41. The van der Waals surface area contributed by atoms with E-state index in [-0.39, 0.29) is 31.0 Å². The molecular formula is C20H21ClN2O3. The van der Waals surface area contributed by atoms with Gasteiger partial charge in [0.05, 0.1) is 6.04 Å². The van der Waals surface area contributed by atoms with Crippen LogP contribution in [0.4, 0.5) is 5.69 Å². The van der Waals surface area contributed by atoms with Gasteiger partial charge in [0, 0.05) is 24.4 Å². The number of anilines is 1. The third-order valence-electron chi connectivity index (χ3n) is 4.46. The van der Waals surface area contributed by atoms with E-state index in [1.807, 2.05) is 42.5 Å². The molecule has 6 heteroatoms. The fourth-order valence-corrected chi connectivity index (χ4v) is 3.41. The lowest BCUT2D eigenvalue weighted by Crippen LogP contribution is -2.59. The summed E-state index contributed by atoms with van der Waals surface area (Å²) in [6.07, 6.45) is 0.667. The molecule has 26 heavy (non-hydrogen) atoms. The highest BCUT2D eigenvalue weighted by Gasteiger charge is 2.35. The van der Waals surface area contributed by atoms with Crippen molar-refractivity contribution in [1.29, 1.82) is 0 Å². The van der Waals surface area contributed by atoms with Gasteiger partial charge in [-0.05, 0) is 30.2 Å². The Labute approximate surface area is 158 Å². The molecule has 1 fully saturated rings. The van der Waals surface area contributed by atoms with E-state index in [0.717, 1.165) is 11.3 Å². The summed E-state index contributed by atoms with van der Waals surface area (Å²) in [6, 6.07) is 17.0. The summed E-state index contributed by atoms with van der Waals surface area (Å²) in [5, 5.41) is 0.577. The van der Waals surface area contributed by atoms with Crippen LogP contribution in [-0.4, -0.2) is 49.6 Å². The van der Waals surface area contributed by atoms with Crippen LogP contribution in [0.5, 0.6) is 0 Å². The highest BCUT2D eigenvalue weighted by Crippen LogP contribution is 2.25. The van der Waals surface area contributed by atoms with Crippen LogP contribution in [0.15, 0.2) is 54.6 Å². The van der Waals surface area contributed by atoms with Gasteiger partial charge in [0.1, 0.15) is 13.2 Å². The van der Waals surface area contributed by atoms with Crippen LogP contribution in [0.2, 0.25) is 5.02 Å². The third-order valence-corrected chi connectivity index (χ3v) is 4.70. The van der Waals surface area contributed by atoms with Gasteiger partial charge in [-0.15, -0.1) is 0 Å². The molecule has 0 bridgehead atoms. The minimum absolute atomic E-state index is 0.0320. The van der Waals surface area contributed by atoms with Crippen molar-refractivity contribution in [2.24, 2.45) is 0 Å². The molecule has 1 aliphatic heterocycles. The summed E-state index contributed by atoms with van der Waals surface area (Å²) in [4.78, 5) is 28.5. The summed E-state index contributed by atoms with van der Waals surface area (Å²) in [7, 11) is 1.48. The summed E-state index contributed by atoms with van der Waals surface area (Å²) < 4.78 is 4.98. The van der Waals surface area contributed by atoms with E-state index < -0.39 is 0 Å². The first-order valence-electron chi connectivity index (χ1n) is 8.46. The number of ether oxygens (including phenoxy) is 1. The molecule has 1 atom stereocenters. The van der Waals surface area contributed by atoms with Crippen LogP contribution in [0, 0.1) is 0 Å². The molecule has 0 radical (unpaired) electrons. The number of piperazine rings is 1. The zero-order valence-corrected chi connectivity index (χ0v) is 15.4. The molecule has 0 aromatic heterocycles. The fraction of sp³-hybridized carbons (Fsp3) is 0.300. The number of methoxy groups -OCH3 is 1. The van der Waals surface area contributed by atoms with Gasteiger partial charge in [0.15, 0.2) is 0 Å². The van der Waals surface area contributed by atoms with Crippen LogP contribution >= 0.6 is 11.6 Å². The lowest BCUT2D eigenvalue weighted by molar-refractivity contribution is -0.142. The van der Waals surface area contributed by atoms with Crippen LogP contribution in [-0.2, 0) is 20.7 Å². The molecule has 2 aromatic rings. The number of halogens is 1. The van der Waals surface area contributed by atoms with E-state index >= 15 is 0 Å². The number of benzene rings is 2. The van der Waals surface area contributed by atoms with Gasteiger partial charge in [-0.1, -0.05) is 48.0 Å². The van der Waals surface area contributed by atoms with Crippen molar-refractivity contribution in [3.8, 4) is 0 Å². The topological polar surface area (TPSA) is 49.9 Å². The maximum Gasteiger partial charge on any atom is 0.249 e. The minimum Gasteiger partial charge on any atom is -0.375 e. The standard InChI is InChI=1S/C20H21ClN2O3/c1-26-14-20(25)23-13-19(24)22(17-9-5-8-16(21)11-17)12-18(23)10-15-6-3-2-4-7-15/h2-9,11,18H,10,12-14H2,1H3/t18-/m0/s1. The van der Waals surface area contributed by atoms with Crippen molar-refractivity contribution in [2.75, 3.05) is 31.7 Å². The van der Waals surface area contributed by atoms with Crippen LogP contribution in [0.25, 0.3) is 0 Å². The molecule has 1 heterocycles. The van der Waals surface area contributed by atoms with Gasteiger partial charge in [0.25, 0.3) is 0 Å². The normalized spacial score (nSPS) is 17.5. The second-order valence-electron chi connectivity index (χ2n) is 6.28. The lowest BCUT2D eigenvalue weighted by atomic mass is 10.0. The van der Waals surface area contributed by atoms with E-state index in [1.165, 1.54) is 7.11 Å². The van der Waals surface area contributed by atoms with Gasteiger partial charge in [-0.2, -0.15) is 0 Å². The average molecular weight is 373 g/mol. The Morgan fingerprint density at radius 1 is 1.19 bits per heavy atom. The predicted octanol–water partition coefficient (Wildman–Crippen LogP) is 2.77. The summed E-state index contributed by atoms with van der Waals surface area (Å²) >= 11 is 6.08. The minimum atomic E-state index is -0.174. The summed E-state index contributed by atoms with van der Waals surface area (Å²) in [5.74, 6) is -0.298. The Bertz CT molecular complexity index is 782. The monoisotopic (exact) mass is 372 g/mol. The maximum atomic E-state index is 12.7. The Balaban J connectivity index is 1.86. The Hall–Kier alpha value is -2.37. The molecule has 0 saturated carbocycles. The molecule has 1 aliphatic rings. The summed E-state index contributed by atoms with van der Waals surface area (Å²) in [6.45, 7) is 0.422. The highest BCUT2D eigenvalue weighted by molar-refractivity contribution is 6.30. The molecule has 1 saturated heterocycles.